The van der Waals surface area contributed by atoms with E-state index in [9.17, 15) is 18.3 Å². The summed E-state index contributed by atoms with van der Waals surface area (Å²) in [6.07, 6.45) is 0.395. The molecule has 1 fully saturated rings. The summed E-state index contributed by atoms with van der Waals surface area (Å²) in [4.78, 5) is 11.4. The Morgan fingerprint density at radius 1 is 1.29 bits per heavy atom. The van der Waals surface area contributed by atoms with Crippen molar-refractivity contribution < 1.29 is 18.3 Å². The lowest BCUT2D eigenvalue weighted by molar-refractivity contribution is -0.150. The zero-order valence-electron chi connectivity index (χ0n) is 10.8. The highest BCUT2D eigenvalue weighted by molar-refractivity contribution is 7.89. The Balaban J connectivity index is 3.00. The van der Waals surface area contributed by atoms with Crippen molar-refractivity contribution in [3.05, 3.63) is 0 Å². The maximum Gasteiger partial charge on any atom is 0.311 e. The predicted molar refractivity (Wildman–Crippen MR) is 65.2 cm³/mol. The highest BCUT2D eigenvalue weighted by Gasteiger charge is 2.50. The van der Waals surface area contributed by atoms with Gasteiger partial charge in [0.25, 0.3) is 0 Å². The van der Waals surface area contributed by atoms with Gasteiger partial charge in [0.15, 0.2) is 0 Å². The van der Waals surface area contributed by atoms with Crippen LogP contribution in [0.15, 0.2) is 0 Å². The summed E-state index contributed by atoms with van der Waals surface area (Å²) < 4.78 is 25.3. The molecule has 1 aliphatic rings. The van der Waals surface area contributed by atoms with E-state index in [1.54, 1.807) is 13.8 Å². The second kappa shape index (κ2) is 4.57. The average molecular weight is 263 g/mol. The summed E-state index contributed by atoms with van der Waals surface area (Å²) in [6, 6.07) is 0. The van der Waals surface area contributed by atoms with Gasteiger partial charge in [-0.05, 0) is 26.2 Å². The monoisotopic (exact) mass is 263 g/mol. The Morgan fingerprint density at radius 2 is 1.82 bits per heavy atom. The summed E-state index contributed by atoms with van der Waals surface area (Å²) in [7, 11) is -3.34. The highest BCUT2D eigenvalue weighted by Crippen LogP contribution is 2.39. The van der Waals surface area contributed by atoms with Crippen LogP contribution in [0.2, 0.25) is 0 Å². The number of carboxylic acid groups (broad SMARTS) is 1. The van der Waals surface area contributed by atoms with Crippen molar-refractivity contribution in [2.75, 3.05) is 13.1 Å². The molecule has 100 valence electrons. The molecule has 1 aliphatic heterocycles. The molecule has 1 N–H and O–H groups in total. The number of hydrogen-bond donors (Lipinski definition) is 1. The molecular weight excluding hydrogens is 242 g/mol. The first kappa shape index (κ1) is 14.4. The van der Waals surface area contributed by atoms with Crippen LogP contribution in [-0.4, -0.2) is 42.1 Å². The van der Waals surface area contributed by atoms with Crippen LogP contribution < -0.4 is 0 Å². The Bertz CT molecular complexity index is 402. The van der Waals surface area contributed by atoms with Crippen LogP contribution >= 0.6 is 0 Å². The minimum Gasteiger partial charge on any atom is -0.481 e. The molecular formula is C11H21NO4S. The normalized spacial score (nSPS) is 26.9. The summed E-state index contributed by atoms with van der Waals surface area (Å²) >= 11 is 0. The zero-order chi connectivity index (χ0) is 13.4. The first-order valence-corrected chi connectivity index (χ1v) is 7.37. The summed E-state index contributed by atoms with van der Waals surface area (Å²) in [5.41, 5.74) is -0.929. The summed E-state index contributed by atoms with van der Waals surface area (Å²) in [5, 5.41) is 8.83. The van der Waals surface area contributed by atoms with E-state index in [2.05, 4.69) is 0 Å². The molecule has 1 heterocycles. The molecule has 1 saturated heterocycles. The number of carboxylic acids is 1. The van der Waals surface area contributed by atoms with Crippen molar-refractivity contribution in [2.24, 2.45) is 11.3 Å². The maximum atomic E-state index is 12.0. The third kappa shape index (κ3) is 2.33. The van der Waals surface area contributed by atoms with Gasteiger partial charge in [0.1, 0.15) is 0 Å². The molecule has 1 rings (SSSR count). The fraction of sp³-hybridized carbons (Fsp3) is 0.909. The largest absolute Gasteiger partial charge is 0.481 e. The SMILES string of the molecule is CC(C)C1(C(=O)O)CCN(S(=O)(=O)C(C)C)C1. The first-order chi connectivity index (χ1) is 7.64. The molecule has 0 aromatic carbocycles. The lowest BCUT2D eigenvalue weighted by Gasteiger charge is -2.29. The topological polar surface area (TPSA) is 74.7 Å². The molecule has 0 aliphatic carbocycles. The van der Waals surface area contributed by atoms with E-state index in [-0.39, 0.29) is 12.5 Å². The quantitative estimate of drug-likeness (QED) is 0.826. The number of nitrogens with zero attached hydrogens (tertiary/aromatic N) is 1. The van der Waals surface area contributed by atoms with E-state index in [1.807, 2.05) is 13.8 Å². The molecule has 0 aromatic rings. The van der Waals surface area contributed by atoms with Crippen LogP contribution in [0.1, 0.15) is 34.1 Å². The molecule has 0 radical (unpaired) electrons. The summed E-state index contributed by atoms with van der Waals surface area (Å²) in [5.74, 6) is -0.971. The molecule has 0 amide bonds. The fourth-order valence-electron chi connectivity index (χ4n) is 2.21. The smallest absolute Gasteiger partial charge is 0.311 e. The van der Waals surface area contributed by atoms with E-state index in [0.29, 0.717) is 13.0 Å². The van der Waals surface area contributed by atoms with Crippen molar-refractivity contribution in [3.63, 3.8) is 0 Å². The van der Waals surface area contributed by atoms with E-state index < -0.39 is 26.7 Å². The van der Waals surface area contributed by atoms with Crippen molar-refractivity contribution in [2.45, 2.75) is 39.4 Å². The minimum absolute atomic E-state index is 0.0765. The summed E-state index contributed by atoms with van der Waals surface area (Å²) in [6.45, 7) is 7.31. The fourth-order valence-corrected chi connectivity index (χ4v) is 3.56. The lowest BCUT2D eigenvalue weighted by Crippen LogP contribution is -2.42. The van der Waals surface area contributed by atoms with Gasteiger partial charge in [-0.3, -0.25) is 4.79 Å². The first-order valence-electron chi connectivity index (χ1n) is 5.87. The Kier molecular flexibility index (Phi) is 3.88. The number of sulfonamides is 1. The number of rotatable bonds is 4. The average Bonchev–Trinajstić information content (AvgIpc) is 2.63. The molecule has 6 heteroatoms. The van der Waals surface area contributed by atoms with Crippen LogP contribution in [0.4, 0.5) is 0 Å². The van der Waals surface area contributed by atoms with Crippen molar-refractivity contribution in [1.82, 2.24) is 4.31 Å². The van der Waals surface area contributed by atoms with Gasteiger partial charge in [-0.1, -0.05) is 13.8 Å². The number of hydrogen-bond acceptors (Lipinski definition) is 3. The van der Waals surface area contributed by atoms with Crippen LogP contribution in [-0.2, 0) is 14.8 Å². The Labute approximate surface area is 103 Å². The van der Waals surface area contributed by atoms with E-state index in [1.165, 1.54) is 4.31 Å². The van der Waals surface area contributed by atoms with Crippen molar-refractivity contribution in [3.8, 4) is 0 Å². The third-order valence-electron chi connectivity index (χ3n) is 3.75. The molecule has 0 aromatic heterocycles. The standard InChI is InChI=1S/C11H21NO4S/c1-8(2)11(10(13)14)5-6-12(7-11)17(15,16)9(3)4/h8-9H,5-7H2,1-4H3,(H,13,14). The van der Waals surface area contributed by atoms with Gasteiger partial charge >= 0.3 is 5.97 Å². The highest BCUT2D eigenvalue weighted by atomic mass is 32.2. The zero-order valence-corrected chi connectivity index (χ0v) is 11.6. The van der Waals surface area contributed by atoms with Crippen LogP contribution in [0.25, 0.3) is 0 Å². The van der Waals surface area contributed by atoms with E-state index >= 15 is 0 Å². The maximum absolute atomic E-state index is 12.0. The van der Waals surface area contributed by atoms with Crippen molar-refractivity contribution >= 4 is 16.0 Å². The minimum atomic E-state index is -3.34. The molecule has 0 saturated carbocycles. The molecule has 0 spiro atoms. The predicted octanol–water partition coefficient (Wildman–Crippen LogP) is 1.16. The van der Waals surface area contributed by atoms with Gasteiger partial charge < -0.3 is 5.11 Å². The van der Waals surface area contributed by atoms with Crippen molar-refractivity contribution in [1.29, 1.82) is 0 Å². The van der Waals surface area contributed by atoms with Gasteiger partial charge in [0.2, 0.25) is 10.0 Å². The molecule has 1 unspecified atom stereocenters. The second-order valence-electron chi connectivity index (χ2n) is 5.29. The molecule has 5 nitrogen and oxygen atoms in total. The van der Waals surface area contributed by atoms with Gasteiger partial charge in [-0.15, -0.1) is 0 Å². The molecule has 1 atom stereocenters. The van der Waals surface area contributed by atoms with Crippen LogP contribution in [0.3, 0.4) is 0 Å². The number of aliphatic carboxylic acids is 1. The van der Waals surface area contributed by atoms with Gasteiger partial charge in [0.05, 0.1) is 10.7 Å². The lowest BCUT2D eigenvalue weighted by atomic mass is 9.77. The van der Waals surface area contributed by atoms with Gasteiger partial charge in [-0.25, -0.2) is 12.7 Å². The van der Waals surface area contributed by atoms with Gasteiger partial charge in [0, 0.05) is 13.1 Å². The molecule has 0 bridgehead atoms. The second-order valence-corrected chi connectivity index (χ2v) is 7.78. The third-order valence-corrected chi connectivity index (χ3v) is 5.98. The van der Waals surface area contributed by atoms with Crippen LogP contribution in [0, 0.1) is 11.3 Å². The van der Waals surface area contributed by atoms with Gasteiger partial charge in [-0.2, -0.15) is 0 Å². The molecule has 17 heavy (non-hydrogen) atoms. The number of carbonyl (C=O) groups is 1. The van der Waals surface area contributed by atoms with E-state index in [0.717, 1.165) is 0 Å². The van der Waals surface area contributed by atoms with E-state index in [4.69, 9.17) is 0 Å². The Morgan fingerprint density at radius 3 is 2.12 bits per heavy atom. The van der Waals surface area contributed by atoms with Crippen LogP contribution in [0.5, 0.6) is 0 Å². The Hall–Kier alpha value is -0.620.